The highest BCUT2D eigenvalue weighted by molar-refractivity contribution is 9.10. The largest absolute Gasteiger partial charge is 0.316 e. The Kier molecular flexibility index (Phi) is 5.28. The summed E-state index contributed by atoms with van der Waals surface area (Å²) in [7, 11) is 0. The molecule has 0 saturated heterocycles. The fraction of sp³-hybridized carbons (Fsp3) is 0.0385. The second kappa shape index (κ2) is 8.21. The Morgan fingerprint density at radius 2 is 1.33 bits per heavy atom. The van der Waals surface area contributed by atoms with Crippen LogP contribution in [0.3, 0.4) is 0 Å². The van der Waals surface area contributed by atoms with Crippen molar-refractivity contribution in [3.63, 3.8) is 0 Å². The van der Waals surface area contributed by atoms with Crippen molar-refractivity contribution >= 4 is 37.4 Å². The van der Waals surface area contributed by atoms with Gasteiger partial charge >= 0.3 is 0 Å². The zero-order valence-electron chi connectivity index (χ0n) is 16.1. The Morgan fingerprint density at radius 3 is 2.03 bits per heavy atom. The van der Waals surface area contributed by atoms with Crippen molar-refractivity contribution in [1.29, 1.82) is 0 Å². The Balaban J connectivity index is 1.69. The third-order valence-corrected chi connectivity index (χ3v) is 6.27. The fourth-order valence-electron chi connectivity index (χ4n) is 3.69. The van der Waals surface area contributed by atoms with E-state index in [1.165, 1.54) is 11.3 Å². The third-order valence-electron chi connectivity index (χ3n) is 5.21. The van der Waals surface area contributed by atoms with Gasteiger partial charge < -0.3 is 4.40 Å². The minimum Gasteiger partial charge on any atom is -0.316 e. The molecule has 5 rings (SSSR count). The van der Waals surface area contributed by atoms with E-state index in [2.05, 4.69) is 127 Å². The molecule has 0 aliphatic carbocycles. The van der Waals surface area contributed by atoms with Crippen LogP contribution in [0.4, 0.5) is 0 Å². The summed E-state index contributed by atoms with van der Waals surface area (Å²) in [5.74, 6) is 0. The number of nitrogens with zero attached hydrogens (tertiary/aromatic N) is 2. The lowest BCUT2D eigenvalue weighted by molar-refractivity contribution is 1.01. The number of fused-ring (bicyclic) bond motifs is 1. The standard InChI is InChI=1S/C26H18Br2N2/c27-21-10-6-18(7-11-21)16-23-14-15-25-26(20-8-12-22(28)13-9-20)29-24(17-30(23)25)19-4-2-1-3-5-19/h1-15,17H,16H2. The summed E-state index contributed by atoms with van der Waals surface area (Å²) in [6.07, 6.45) is 3.01. The van der Waals surface area contributed by atoms with Gasteiger partial charge in [-0.05, 0) is 42.0 Å². The molecule has 2 heterocycles. The summed E-state index contributed by atoms with van der Waals surface area (Å²) in [5, 5.41) is 0. The molecule has 2 aromatic heterocycles. The molecule has 0 unspecified atom stereocenters. The van der Waals surface area contributed by atoms with Crippen LogP contribution in [0.2, 0.25) is 0 Å². The minimum absolute atomic E-state index is 0.861. The molecule has 0 spiro atoms. The van der Waals surface area contributed by atoms with Crippen LogP contribution < -0.4 is 0 Å². The Labute approximate surface area is 192 Å². The van der Waals surface area contributed by atoms with Crippen LogP contribution in [0.15, 0.2) is 106 Å². The molecule has 2 nitrogen and oxygen atoms in total. The van der Waals surface area contributed by atoms with Gasteiger partial charge in [0.1, 0.15) is 0 Å². The zero-order chi connectivity index (χ0) is 20.5. The zero-order valence-corrected chi connectivity index (χ0v) is 19.3. The number of aromatic nitrogens is 2. The van der Waals surface area contributed by atoms with Crippen LogP contribution in [0, 0.1) is 0 Å². The molecule has 30 heavy (non-hydrogen) atoms. The highest BCUT2D eigenvalue weighted by Gasteiger charge is 2.13. The van der Waals surface area contributed by atoms with Crippen molar-refractivity contribution in [2.45, 2.75) is 6.42 Å². The molecular formula is C26H18Br2N2. The Hall–Kier alpha value is -2.69. The lowest BCUT2D eigenvalue weighted by Crippen LogP contribution is -1.99. The molecule has 3 aromatic carbocycles. The second-order valence-electron chi connectivity index (χ2n) is 7.23. The number of benzene rings is 3. The maximum absolute atomic E-state index is 5.06. The summed E-state index contributed by atoms with van der Waals surface area (Å²) in [6, 6.07) is 31.6. The predicted octanol–water partition coefficient (Wildman–Crippen LogP) is 7.78. The van der Waals surface area contributed by atoms with Crippen molar-refractivity contribution in [1.82, 2.24) is 9.38 Å². The average Bonchev–Trinajstić information content (AvgIpc) is 3.18. The van der Waals surface area contributed by atoms with Crippen molar-refractivity contribution in [3.05, 3.63) is 117 Å². The molecule has 0 N–H and O–H groups in total. The second-order valence-corrected chi connectivity index (χ2v) is 9.06. The summed E-state index contributed by atoms with van der Waals surface area (Å²) < 4.78 is 4.45. The van der Waals surface area contributed by atoms with E-state index >= 15 is 0 Å². The molecule has 0 amide bonds. The smallest absolute Gasteiger partial charge is 0.0950 e. The summed E-state index contributed by atoms with van der Waals surface area (Å²) >= 11 is 7.06. The topological polar surface area (TPSA) is 17.3 Å². The molecule has 0 saturated carbocycles. The normalized spacial score (nSPS) is 11.1. The molecule has 0 radical (unpaired) electrons. The van der Waals surface area contributed by atoms with E-state index in [-0.39, 0.29) is 0 Å². The number of hydrogen-bond acceptors (Lipinski definition) is 1. The Morgan fingerprint density at radius 1 is 0.667 bits per heavy atom. The average molecular weight is 518 g/mol. The molecular weight excluding hydrogens is 500 g/mol. The first-order chi connectivity index (χ1) is 14.7. The molecule has 5 aromatic rings. The molecule has 0 fully saturated rings. The van der Waals surface area contributed by atoms with E-state index < -0.39 is 0 Å². The van der Waals surface area contributed by atoms with Gasteiger partial charge in [-0.1, -0.05) is 86.5 Å². The van der Waals surface area contributed by atoms with Crippen LogP contribution >= 0.6 is 31.9 Å². The molecule has 146 valence electrons. The number of hydrogen-bond donors (Lipinski definition) is 0. The van der Waals surface area contributed by atoms with Crippen molar-refractivity contribution in [2.75, 3.05) is 0 Å². The van der Waals surface area contributed by atoms with Gasteiger partial charge in [0, 0.05) is 38.4 Å². The first-order valence-corrected chi connectivity index (χ1v) is 11.3. The molecule has 0 bridgehead atoms. The van der Waals surface area contributed by atoms with Gasteiger partial charge in [0.2, 0.25) is 0 Å². The number of halogens is 2. The van der Waals surface area contributed by atoms with Gasteiger partial charge in [0.15, 0.2) is 0 Å². The predicted molar refractivity (Wildman–Crippen MR) is 131 cm³/mol. The van der Waals surface area contributed by atoms with Crippen LogP contribution in [-0.2, 0) is 6.42 Å². The van der Waals surface area contributed by atoms with E-state index in [1.54, 1.807) is 0 Å². The highest BCUT2D eigenvalue weighted by atomic mass is 79.9. The lowest BCUT2D eigenvalue weighted by Gasteiger charge is -2.11. The molecule has 0 aliphatic rings. The maximum atomic E-state index is 5.06. The van der Waals surface area contributed by atoms with E-state index in [0.717, 1.165) is 43.4 Å². The van der Waals surface area contributed by atoms with E-state index in [1.807, 2.05) is 6.07 Å². The van der Waals surface area contributed by atoms with Crippen LogP contribution in [0.25, 0.3) is 28.0 Å². The van der Waals surface area contributed by atoms with Crippen LogP contribution in [0.5, 0.6) is 0 Å². The maximum Gasteiger partial charge on any atom is 0.0950 e. The van der Waals surface area contributed by atoms with Crippen molar-refractivity contribution in [3.8, 4) is 22.5 Å². The molecule has 0 atom stereocenters. The van der Waals surface area contributed by atoms with Gasteiger partial charge in [-0.3, -0.25) is 0 Å². The van der Waals surface area contributed by atoms with Crippen LogP contribution in [-0.4, -0.2) is 9.38 Å². The van der Waals surface area contributed by atoms with E-state index in [0.29, 0.717) is 0 Å². The monoisotopic (exact) mass is 516 g/mol. The summed E-state index contributed by atoms with van der Waals surface area (Å²) in [6.45, 7) is 0. The van der Waals surface area contributed by atoms with Gasteiger partial charge in [0.05, 0.1) is 16.9 Å². The first-order valence-electron chi connectivity index (χ1n) is 9.74. The SMILES string of the molecule is Brc1ccc(Cc2ccc3c(-c4ccc(Br)cc4)nc(-c4ccccc4)cn23)cc1. The van der Waals surface area contributed by atoms with E-state index in [9.17, 15) is 0 Å². The van der Waals surface area contributed by atoms with Gasteiger partial charge in [-0.15, -0.1) is 0 Å². The first kappa shape index (κ1) is 19.3. The highest BCUT2D eigenvalue weighted by Crippen LogP contribution is 2.30. The Bertz CT molecular complexity index is 1310. The quantitative estimate of drug-likeness (QED) is 0.238. The lowest BCUT2D eigenvalue weighted by atomic mass is 10.1. The minimum atomic E-state index is 0.861. The van der Waals surface area contributed by atoms with Crippen LogP contribution in [0.1, 0.15) is 11.3 Å². The molecule has 0 aliphatic heterocycles. The number of rotatable bonds is 4. The summed E-state index contributed by atoms with van der Waals surface area (Å²) in [4.78, 5) is 5.06. The van der Waals surface area contributed by atoms with Gasteiger partial charge in [0.25, 0.3) is 0 Å². The van der Waals surface area contributed by atoms with Gasteiger partial charge in [-0.2, -0.15) is 0 Å². The summed E-state index contributed by atoms with van der Waals surface area (Å²) in [5.41, 5.74) is 7.81. The molecule has 4 heteroatoms. The van der Waals surface area contributed by atoms with E-state index in [4.69, 9.17) is 4.98 Å². The van der Waals surface area contributed by atoms with Crippen molar-refractivity contribution < 1.29 is 0 Å². The fourth-order valence-corrected chi connectivity index (χ4v) is 4.22. The van der Waals surface area contributed by atoms with Gasteiger partial charge in [-0.25, -0.2) is 4.98 Å². The van der Waals surface area contributed by atoms with Crippen molar-refractivity contribution in [2.24, 2.45) is 0 Å². The third kappa shape index (κ3) is 3.85.